The third-order valence-corrected chi connectivity index (χ3v) is 3.13. The summed E-state index contributed by atoms with van der Waals surface area (Å²) < 4.78 is 12.1. The highest BCUT2D eigenvalue weighted by Gasteiger charge is 2.18. The van der Waals surface area contributed by atoms with Crippen molar-refractivity contribution in [3.8, 4) is 11.5 Å². The highest BCUT2D eigenvalue weighted by Crippen LogP contribution is 2.38. The van der Waals surface area contributed by atoms with Gasteiger partial charge in [-0.25, -0.2) is 0 Å². The van der Waals surface area contributed by atoms with E-state index in [0.29, 0.717) is 25.4 Å². The molecule has 1 aliphatic heterocycles. The fraction of sp³-hybridized carbons (Fsp3) is 0.417. The molecule has 0 aliphatic carbocycles. The molecular formula is C12H13BrO3. The van der Waals surface area contributed by atoms with Crippen molar-refractivity contribution in [1.82, 2.24) is 0 Å². The van der Waals surface area contributed by atoms with Gasteiger partial charge in [-0.15, -0.1) is 0 Å². The maximum atomic E-state index is 11.2. The van der Waals surface area contributed by atoms with Gasteiger partial charge in [0.1, 0.15) is 5.78 Å². The molecule has 0 saturated carbocycles. The number of hydrogen-bond donors (Lipinski definition) is 0. The Morgan fingerprint density at radius 2 is 2.12 bits per heavy atom. The summed E-state index contributed by atoms with van der Waals surface area (Å²) in [7, 11) is 0. The van der Waals surface area contributed by atoms with Crippen LogP contribution in [0.1, 0.15) is 18.9 Å². The van der Waals surface area contributed by atoms with Gasteiger partial charge < -0.3 is 9.47 Å². The highest BCUT2D eigenvalue weighted by atomic mass is 79.9. The third kappa shape index (κ3) is 2.38. The first-order valence-electron chi connectivity index (χ1n) is 5.25. The van der Waals surface area contributed by atoms with E-state index in [1.165, 1.54) is 0 Å². The minimum atomic E-state index is 0.113. The van der Waals surface area contributed by atoms with E-state index >= 15 is 0 Å². The Balaban J connectivity index is 2.44. The van der Waals surface area contributed by atoms with E-state index in [9.17, 15) is 4.79 Å². The van der Waals surface area contributed by atoms with E-state index in [1.807, 2.05) is 12.1 Å². The summed E-state index contributed by atoms with van der Waals surface area (Å²) >= 11 is 3.44. The molecule has 1 aliphatic rings. The second-order valence-corrected chi connectivity index (χ2v) is 4.64. The van der Waals surface area contributed by atoms with Crippen molar-refractivity contribution >= 4 is 21.7 Å². The first-order valence-corrected chi connectivity index (χ1v) is 6.04. The van der Waals surface area contributed by atoms with Gasteiger partial charge in [-0.1, -0.05) is 15.9 Å². The molecule has 86 valence electrons. The molecule has 0 spiro atoms. The van der Waals surface area contributed by atoms with Gasteiger partial charge in [-0.2, -0.15) is 0 Å². The number of ketones is 1. The maximum Gasteiger partial charge on any atom is 0.165 e. The standard InChI is InChI=1S/C12H13BrO3/c1-8(14)7-9-10(13)3-4-11-12(9)16-6-2-5-15-11/h3-4H,2,5-7H2,1H3. The molecule has 0 saturated heterocycles. The third-order valence-electron chi connectivity index (χ3n) is 2.39. The van der Waals surface area contributed by atoms with Gasteiger partial charge in [0.2, 0.25) is 0 Å². The minimum absolute atomic E-state index is 0.113. The largest absolute Gasteiger partial charge is 0.490 e. The SMILES string of the molecule is CC(=O)Cc1c(Br)ccc2c1OCCCO2. The van der Waals surface area contributed by atoms with Crippen molar-refractivity contribution in [2.45, 2.75) is 19.8 Å². The molecule has 1 aromatic rings. The number of ether oxygens (including phenoxy) is 2. The molecule has 0 unspecified atom stereocenters. The van der Waals surface area contributed by atoms with E-state index < -0.39 is 0 Å². The normalized spacial score (nSPS) is 14.4. The van der Waals surface area contributed by atoms with Crippen LogP contribution < -0.4 is 9.47 Å². The summed E-state index contributed by atoms with van der Waals surface area (Å²) in [6.07, 6.45) is 1.24. The molecule has 0 bridgehead atoms. The molecule has 4 heteroatoms. The van der Waals surface area contributed by atoms with Crippen molar-refractivity contribution in [3.05, 3.63) is 22.2 Å². The summed E-state index contributed by atoms with van der Waals surface area (Å²) in [6.45, 7) is 2.87. The van der Waals surface area contributed by atoms with Gasteiger partial charge in [-0.3, -0.25) is 4.79 Å². The highest BCUT2D eigenvalue weighted by molar-refractivity contribution is 9.10. The zero-order chi connectivity index (χ0) is 11.5. The van der Waals surface area contributed by atoms with Crippen molar-refractivity contribution in [2.24, 2.45) is 0 Å². The number of hydrogen-bond acceptors (Lipinski definition) is 3. The van der Waals surface area contributed by atoms with E-state index in [2.05, 4.69) is 15.9 Å². The van der Waals surface area contributed by atoms with Crippen LogP contribution in [0.2, 0.25) is 0 Å². The second kappa shape index (κ2) is 4.87. The van der Waals surface area contributed by atoms with Gasteiger partial charge in [0.25, 0.3) is 0 Å². The summed E-state index contributed by atoms with van der Waals surface area (Å²) in [5.74, 6) is 1.56. The van der Waals surface area contributed by atoms with Crippen LogP contribution in [0.15, 0.2) is 16.6 Å². The first-order chi connectivity index (χ1) is 7.68. The predicted molar refractivity (Wildman–Crippen MR) is 64.1 cm³/mol. The van der Waals surface area contributed by atoms with Crippen LogP contribution in [0.5, 0.6) is 11.5 Å². The first kappa shape index (κ1) is 11.5. The molecule has 0 aromatic heterocycles. The summed E-state index contributed by atoms with van der Waals surface area (Å²) in [5, 5.41) is 0. The second-order valence-electron chi connectivity index (χ2n) is 3.78. The Bertz CT molecular complexity index is 415. The Morgan fingerprint density at radius 3 is 2.88 bits per heavy atom. The van der Waals surface area contributed by atoms with Crippen LogP contribution in [0.4, 0.5) is 0 Å². The molecule has 0 N–H and O–H groups in total. The predicted octanol–water partition coefficient (Wildman–Crippen LogP) is 2.74. The van der Waals surface area contributed by atoms with Crippen molar-refractivity contribution < 1.29 is 14.3 Å². The molecule has 0 radical (unpaired) electrons. The lowest BCUT2D eigenvalue weighted by Crippen LogP contribution is -2.03. The van der Waals surface area contributed by atoms with E-state index in [0.717, 1.165) is 22.2 Å². The van der Waals surface area contributed by atoms with Gasteiger partial charge in [0.15, 0.2) is 11.5 Å². The average molecular weight is 285 g/mol. The van der Waals surface area contributed by atoms with Gasteiger partial charge >= 0.3 is 0 Å². The fourth-order valence-corrected chi connectivity index (χ4v) is 2.14. The lowest BCUT2D eigenvalue weighted by atomic mass is 10.1. The number of carbonyl (C=O) groups is 1. The van der Waals surface area contributed by atoms with Crippen LogP contribution in [-0.2, 0) is 11.2 Å². The lowest BCUT2D eigenvalue weighted by Gasteiger charge is -2.13. The lowest BCUT2D eigenvalue weighted by molar-refractivity contribution is -0.116. The summed E-state index contributed by atoms with van der Waals surface area (Å²) in [4.78, 5) is 11.2. The van der Waals surface area contributed by atoms with E-state index in [-0.39, 0.29) is 5.78 Å². The quantitative estimate of drug-likeness (QED) is 0.838. The van der Waals surface area contributed by atoms with Crippen LogP contribution in [-0.4, -0.2) is 19.0 Å². The molecule has 0 atom stereocenters. The van der Waals surface area contributed by atoms with Crippen LogP contribution in [0.3, 0.4) is 0 Å². The number of carbonyl (C=O) groups excluding carboxylic acids is 1. The molecule has 0 fully saturated rings. The number of rotatable bonds is 2. The van der Waals surface area contributed by atoms with E-state index in [4.69, 9.17) is 9.47 Å². The van der Waals surface area contributed by atoms with Crippen LogP contribution in [0, 0.1) is 0 Å². The zero-order valence-electron chi connectivity index (χ0n) is 9.09. The topological polar surface area (TPSA) is 35.5 Å². The number of benzene rings is 1. The number of fused-ring (bicyclic) bond motifs is 1. The van der Waals surface area contributed by atoms with Gasteiger partial charge in [0.05, 0.1) is 13.2 Å². The Kier molecular flexibility index (Phi) is 3.49. The molecule has 1 aromatic carbocycles. The summed E-state index contributed by atoms with van der Waals surface area (Å²) in [5.41, 5.74) is 0.881. The van der Waals surface area contributed by atoms with Crippen molar-refractivity contribution in [3.63, 3.8) is 0 Å². The monoisotopic (exact) mass is 284 g/mol. The number of Topliss-reactive ketones (excluding diaryl/α,β-unsaturated/α-hetero) is 1. The zero-order valence-corrected chi connectivity index (χ0v) is 10.7. The summed E-state index contributed by atoms with van der Waals surface area (Å²) in [6, 6.07) is 3.76. The molecule has 2 rings (SSSR count). The Morgan fingerprint density at radius 1 is 1.38 bits per heavy atom. The number of halogens is 1. The molecule has 3 nitrogen and oxygen atoms in total. The molecule has 16 heavy (non-hydrogen) atoms. The average Bonchev–Trinajstić information content (AvgIpc) is 2.47. The van der Waals surface area contributed by atoms with Gasteiger partial charge in [0, 0.05) is 22.9 Å². The molecular weight excluding hydrogens is 272 g/mol. The van der Waals surface area contributed by atoms with Crippen molar-refractivity contribution in [1.29, 1.82) is 0 Å². The van der Waals surface area contributed by atoms with E-state index in [1.54, 1.807) is 6.92 Å². The molecule has 1 heterocycles. The smallest absolute Gasteiger partial charge is 0.165 e. The fourth-order valence-electron chi connectivity index (χ4n) is 1.68. The Hall–Kier alpha value is -1.03. The minimum Gasteiger partial charge on any atom is -0.490 e. The van der Waals surface area contributed by atoms with Crippen molar-refractivity contribution in [2.75, 3.05) is 13.2 Å². The Labute approximate surface area is 103 Å². The molecule has 0 amide bonds. The van der Waals surface area contributed by atoms with Crippen LogP contribution >= 0.6 is 15.9 Å². The maximum absolute atomic E-state index is 11.2. The van der Waals surface area contributed by atoms with Crippen LogP contribution in [0.25, 0.3) is 0 Å². The van der Waals surface area contributed by atoms with Gasteiger partial charge in [-0.05, 0) is 19.1 Å².